The minimum Gasteiger partial charge on any atom is -0.350 e. The number of rotatable bonds is 6. The quantitative estimate of drug-likeness (QED) is 0.552. The lowest BCUT2D eigenvalue weighted by molar-refractivity contribution is 0.101. The fourth-order valence-corrected chi connectivity index (χ4v) is 3.70. The average molecular weight is 390 g/mol. The number of carbonyl (C=O) groups excluding carboxylic acids is 1. The zero-order valence-electron chi connectivity index (χ0n) is 16.5. The summed E-state index contributed by atoms with van der Waals surface area (Å²) in [4.78, 5) is 21.0. The second-order valence-electron chi connectivity index (χ2n) is 7.48. The van der Waals surface area contributed by atoms with Crippen LogP contribution < -0.4 is 16.4 Å². The Morgan fingerprint density at radius 2 is 1.97 bits per heavy atom. The zero-order valence-corrected chi connectivity index (χ0v) is 16.5. The van der Waals surface area contributed by atoms with Crippen molar-refractivity contribution < 1.29 is 4.79 Å². The van der Waals surface area contributed by atoms with Crippen LogP contribution in [0.2, 0.25) is 0 Å². The van der Waals surface area contributed by atoms with Crippen molar-refractivity contribution in [3.05, 3.63) is 60.6 Å². The molecule has 29 heavy (non-hydrogen) atoms. The van der Waals surface area contributed by atoms with Crippen molar-refractivity contribution in [2.45, 2.75) is 44.7 Å². The number of hydrogen-bond acceptors (Lipinski definition) is 6. The van der Waals surface area contributed by atoms with Gasteiger partial charge in [0, 0.05) is 42.0 Å². The van der Waals surface area contributed by atoms with Gasteiger partial charge >= 0.3 is 0 Å². The van der Waals surface area contributed by atoms with Gasteiger partial charge in [0.05, 0.1) is 5.56 Å². The van der Waals surface area contributed by atoms with Crippen molar-refractivity contribution in [2.75, 3.05) is 10.6 Å². The molecule has 7 nitrogen and oxygen atoms in total. The van der Waals surface area contributed by atoms with Gasteiger partial charge in [-0.25, -0.2) is 4.98 Å². The lowest BCUT2D eigenvalue weighted by Gasteiger charge is -2.29. The van der Waals surface area contributed by atoms with Gasteiger partial charge in [-0.2, -0.15) is 4.98 Å². The molecule has 150 valence electrons. The standard InChI is InChI=1S/C22H26N6O/c1-15(29)18-14-24-22(26-20-10-3-2-9-19(20)23)27-21(18)25-16-7-6-8-17(13-16)28-11-4-5-12-28/h4-8,11-14,19-20H,2-3,9-10,23H2,1H3,(H2,24,25,26,27)/t19-,20+/m0/s1. The van der Waals surface area contributed by atoms with E-state index in [2.05, 4.69) is 20.6 Å². The average Bonchev–Trinajstić information content (AvgIpc) is 3.25. The molecule has 0 saturated heterocycles. The highest BCUT2D eigenvalue weighted by atomic mass is 16.1. The molecule has 4 rings (SSSR count). The summed E-state index contributed by atoms with van der Waals surface area (Å²) >= 11 is 0. The van der Waals surface area contributed by atoms with Gasteiger partial charge in [0.2, 0.25) is 5.95 Å². The molecule has 0 amide bonds. The van der Waals surface area contributed by atoms with E-state index >= 15 is 0 Å². The second-order valence-corrected chi connectivity index (χ2v) is 7.48. The normalized spacial score (nSPS) is 19.0. The summed E-state index contributed by atoms with van der Waals surface area (Å²) in [5.74, 6) is 0.889. The topological polar surface area (TPSA) is 97.9 Å². The van der Waals surface area contributed by atoms with Crippen LogP contribution in [-0.2, 0) is 0 Å². The first-order chi connectivity index (χ1) is 14.1. The Morgan fingerprint density at radius 1 is 1.17 bits per heavy atom. The van der Waals surface area contributed by atoms with Gasteiger partial charge < -0.3 is 20.9 Å². The summed E-state index contributed by atoms with van der Waals surface area (Å²) < 4.78 is 2.02. The van der Waals surface area contributed by atoms with Gasteiger partial charge in [-0.3, -0.25) is 4.79 Å². The van der Waals surface area contributed by atoms with Crippen LogP contribution in [0, 0.1) is 0 Å². The summed E-state index contributed by atoms with van der Waals surface area (Å²) in [6.07, 6.45) is 9.86. The van der Waals surface area contributed by atoms with Crippen molar-refractivity contribution in [3.63, 3.8) is 0 Å². The number of nitrogens with two attached hydrogens (primary N) is 1. The SMILES string of the molecule is CC(=O)c1cnc(N[C@@H]2CCCC[C@@H]2N)nc1Nc1cccc(-n2cccc2)c1. The van der Waals surface area contributed by atoms with E-state index in [1.165, 1.54) is 6.92 Å². The zero-order chi connectivity index (χ0) is 20.2. The third-order valence-electron chi connectivity index (χ3n) is 5.31. The summed E-state index contributed by atoms with van der Waals surface area (Å²) in [7, 11) is 0. The lowest BCUT2D eigenvalue weighted by Crippen LogP contribution is -2.43. The highest BCUT2D eigenvalue weighted by Gasteiger charge is 2.23. The van der Waals surface area contributed by atoms with Crippen LogP contribution in [0.3, 0.4) is 0 Å². The van der Waals surface area contributed by atoms with E-state index < -0.39 is 0 Å². The van der Waals surface area contributed by atoms with Crippen LogP contribution in [0.1, 0.15) is 43.0 Å². The number of benzene rings is 1. The number of anilines is 3. The van der Waals surface area contributed by atoms with Crippen molar-refractivity contribution in [3.8, 4) is 5.69 Å². The number of Topliss-reactive ketones (excluding diaryl/α,β-unsaturated/α-hetero) is 1. The molecule has 0 radical (unpaired) electrons. The Bertz CT molecular complexity index is 985. The Morgan fingerprint density at radius 3 is 2.72 bits per heavy atom. The molecule has 3 aromatic rings. The van der Waals surface area contributed by atoms with E-state index in [0.717, 1.165) is 37.1 Å². The van der Waals surface area contributed by atoms with Crippen LogP contribution in [-0.4, -0.2) is 32.4 Å². The van der Waals surface area contributed by atoms with Crippen LogP contribution in [0.4, 0.5) is 17.5 Å². The summed E-state index contributed by atoms with van der Waals surface area (Å²) in [5, 5.41) is 6.64. The summed E-state index contributed by atoms with van der Waals surface area (Å²) in [6.45, 7) is 1.52. The van der Waals surface area contributed by atoms with Crippen molar-refractivity contribution in [2.24, 2.45) is 5.73 Å². The Kier molecular flexibility index (Phi) is 5.57. The first-order valence-corrected chi connectivity index (χ1v) is 10.0. The highest BCUT2D eigenvalue weighted by Crippen LogP contribution is 2.24. The van der Waals surface area contributed by atoms with Crippen molar-refractivity contribution in [1.82, 2.24) is 14.5 Å². The lowest BCUT2D eigenvalue weighted by atomic mass is 9.91. The predicted octanol–water partition coefficient (Wildman–Crippen LogP) is 3.90. The molecule has 7 heteroatoms. The predicted molar refractivity (Wildman–Crippen MR) is 115 cm³/mol. The third-order valence-corrected chi connectivity index (χ3v) is 5.31. The van der Waals surface area contributed by atoms with E-state index in [0.29, 0.717) is 17.3 Å². The maximum atomic E-state index is 12.1. The first-order valence-electron chi connectivity index (χ1n) is 10.0. The smallest absolute Gasteiger partial charge is 0.224 e. The van der Waals surface area contributed by atoms with Crippen molar-refractivity contribution >= 4 is 23.2 Å². The maximum absolute atomic E-state index is 12.1. The Hall–Kier alpha value is -3.19. The largest absolute Gasteiger partial charge is 0.350 e. The Balaban J connectivity index is 1.60. The molecule has 0 spiro atoms. The van der Waals surface area contributed by atoms with Crippen molar-refractivity contribution in [1.29, 1.82) is 0 Å². The minimum absolute atomic E-state index is 0.0880. The van der Waals surface area contributed by atoms with E-state index in [9.17, 15) is 4.79 Å². The second kappa shape index (κ2) is 8.45. The van der Waals surface area contributed by atoms with Crippen LogP contribution in [0.5, 0.6) is 0 Å². The maximum Gasteiger partial charge on any atom is 0.224 e. The molecule has 1 aliphatic carbocycles. The number of aromatic nitrogens is 3. The number of nitrogens with one attached hydrogen (secondary N) is 2. The molecule has 4 N–H and O–H groups in total. The fraction of sp³-hybridized carbons (Fsp3) is 0.318. The first kappa shape index (κ1) is 19.1. The molecular formula is C22H26N6O. The molecular weight excluding hydrogens is 364 g/mol. The fourth-order valence-electron chi connectivity index (χ4n) is 3.70. The summed E-state index contributed by atoms with van der Waals surface area (Å²) in [5.41, 5.74) is 8.56. The van der Waals surface area contributed by atoms with Gasteiger partial charge in [0.25, 0.3) is 0 Å². The van der Waals surface area contributed by atoms with Crippen LogP contribution >= 0.6 is 0 Å². The molecule has 1 saturated carbocycles. The van der Waals surface area contributed by atoms with Gasteiger partial charge in [-0.15, -0.1) is 0 Å². The minimum atomic E-state index is -0.0880. The number of hydrogen-bond donors (Lipinski definition) is 3. The van der Waals surface area contributed by atoms with E-state index in [1.54, 1.807) is 6.20 Å². The molecule has 1 aromatic carbocycles. The molecule has 1 aliphatic rings. The molecule has 0 aliphatic heterocycles. The monoisotopic (exact) mass is 390 g/mol. The molecule has 1 fully saturated rings. The molecule has 0 unspecified atom stereocenters. The van der Waals surface area contributed by atoms with E-state index in [1.807, 2.05) is 53.4 Å². The molecule has 2 heterocycles. The van der Waals surface area contributed by atoms with Gasteiger partial charge in [0.15, 0.2) is 5.78 Å². The molecule has 2 atom stereocenters. The number of nitrogens with zero attached hydrogens (tertiary/aromatic N) is 3. The van der Waals surface area contributed by atoms with Crippen LogP contribution in [0.15, 0.2) is 55.0 Å². The third kappa shape index (κ3) is 4.46. The number of carbonyl (C=O) groups is 1. The van der Waals surface area contributed by atoms with E-state index in [4.69, 9.17) is 5.73 Å². The number of ketones is 1. The molecule has 0 bridgehead atoms. The van der Waals surface area contributed by atoms with Gasteiger partial charge in [-0.05, 0) is 50.1 Å². The van der Waals surface area contributed by atoms with Crippen LogP contribution in [0.25, 0.3) is 5.69 Å². The Labute approximate surface area is 170 Å². The summed E-state index contributed by atoms with van der Waals surface area (Å²) in [6, 6.07) is 12.1. The van der Waals surface area contributed by atoms with Gasteiger partial charge in [0.1, 0.15) is 5.82 Å². The van der Waals surface area contributed by atoms with E-state index in [-0.39, 0.29) is 17.9 Å². The van der Waals surface area contributed by atoms with Gasteiger partial charge in [-0.1, -0.05) is 18.9 Å². The highest BCUT2D eigenvalue weighted by molar-refractivity contribution is 5.99. The molecule has 2 aromatic heterocycles.